The van der Waals surface area contributed by atoms with Crippen LogP contribution in [0.2, 0.25) is 0 Å². The summed E-state index contributed by atoms with van der Waals surface area (Å²) in [5, 5.41) is 2.79. The fourth-order valence-electron chi connectivity index (χ4n) is 5.41. The molecule has 1 unspecified atom stereocenters. The normalized spacial score (nSPS) is 17.6. The largest absolute Gasteiger partial charge is 0.448 e. The van der Waals surface area contributed by atoms with E-state index in [1.807, 2.05) is 115 Å². The van der Waals surface area contributed by atoms with Gasteiger partial charge in [0.05, 0.1) is 6.42 Å². The number of hydrogen-bond donors (Lipinski definition) is 1. The number of fused-ring (bicyclic) bond motifs is 2. The second-order valence-electron chi connectivity index (χ2n) is 10.5. The van der Waals surface area contributed by atoms with Gasteiger partial charge >= 0.3 is 5.97 Å². The Morgan fingerprint density at radius 3 is 2.20 bits per heavy atom. The molecule has 7 rings (SSSR count). The third-order valence-electron chi connectivity index (χ3n) is 7.56. The maximum absolute atomic E-state index is 14.2. The first kappa shape index (κ1) is 28.9. The van der Waals surface area contributed by atoms with Crippen molar-refractivity contribution < 1.29 is 23.5 Å². The molecule has 1 saturated heterocycles. The van der Waals surface area contributed by atoms with Gasteiger partial charge in [0.2, 0.25) is 5.91 Å². The lowest BCUT2D eigenvalue weighted by Crippen LogP contribution is -2.70. The maximum atomic E-state index is 14.2. The molecular weight excluding hydrogens is 607 g/mol. The first-order valence-corrected chi connectivity index (χ1v) is 16.3. The first-order chi connectivity index (χ1) is 22.0. The average Bonchev–Trinajstić information content (AvgIpc) is 3.49. The van der Waals surface area contributed by atoms with Crippen molar-refractivity contribution >= 4 is 52.4 Å². The smallest absolute Gasteiger partial charge is 0.356 e. The van der Waals surface area contributed by atoms with Crippen molar-refractivity contribution in [1.29, 1.82) is 0 Å². The van der Waals surface area contributed by atoms with Crippen molar-refractivity contribution in [3.05, 3.63) is 143 Å². The van der Waals surface area contributed by atoms with Crippen LogP contribution in [0, 0.1) is 0 Å². The third-order valence-corrected chi connectivity index (χ3v) is 9.96. The number of amides is 2. The predicted octanol–water partition coefficient (Wildman–Crippen LogP) is 6.11. The van der Waals surface area contributed by atoms with Crippen molar-refractivity contribution in [2.24, 2.45) is 0 Å². The maximum Gasteiger partial charge on any atom is 0.356 e. The quantitative estimate of drug-likeness (QED) is 0.153. The Morgan fingerprint density at radius 1 is 0.911 bits per heavy atom. The number of carbonyl (C=O) groups excluding carboxylic acids is 3. The second kappa shape index (κ2) is 12.7. The van der Waals surface area contributed by atoms with Gasteiger partial charge in [0, 0.05) is 10.7 Å². The number of aromatic nitrogens is 1. The summed E-state index contributed by atoms with van der Waals surface area (Å²) < 4.78 is 12.2. The molecule has 2 amide bonds. The van der Waals surface area contributed by atoms with Crippen molar-refractivity contribution in [2.45, 2.75) is 29.2 Å². The molecule has 2 aliphatic heterocycles. The number of esters is 1. The summed E-state index contributed by atoms with van der Waals surface area (Å²) in [6, 6.07) is 35.0. The molecule has 0 saturated carbocycles. The van der Waals surface area contributed by atoms with E-state index in [0.29, 0.717) is 27.0 Å². The van der Waals surface area contributed by atoms with E-state index in [4.69, 9.17) is 9.15 Å². The van der Waals surface area contributed by atoms with Crippen molar-refractivity contribution in [3.63, 3.8) is 0 Å². The van der Waals surface area contributed by atoms with Crippen LogP contribution in [-0.2, 0) is 25.5 Å². The fourth-order valence-corrected chi connectivity index (χ4v) is 7.81. The molecule has 1 N–H and O–H groups in total. The Labute approximate surface area is 267 Å². The van der Waals surface area contributed by atoms with Crippen LogP contribution in [0.15, 0.2) is 136 Å². The van der Waals surface area contributed by atoms with Crippen LogP contribution in [-0.4, -0.2) is 44.8 Å². The van der Waals surface area contributed by atoms with Gasteiger partial charge in [0.15, 0.2) is 11.7 Å². The molecule has 5 aromatic rings. The van der Waals surface area contributed by atoms with Crippen molar-refractivity contribution in [2.75, 3.05) is 5.75 Å². The Morgan fingerprint density at radius 2 is 1.53 bits per heavy atom. The summed E-state index contributed by atoms with van der Waals surface area (Å²) in [5.41, 5.74) is 3.91. The summed E-state index contributed by atoms with van der Waals surface area (Å²) in [5.74, 6) is -0.867. The number of nitrogens with zero attached hydrogens (tertiary/aromatic N) is 2. The number of rotatable bonds is 9. The number of benzene rings is 4. The van der Waals surface area contributed by atoms with Crippen LogP contribution >= 0.6 is 23.5 Å². The molecule has 0 aliphatic carbocycles. The van der Waals surface area contributed by atoms with Crippen LogP contribution in [0.1, 0.15) is 22.8 Å². The Bertz CT molecular complexity index is 1820. The van der Waals surface area contributed by atoms with Crippen molar-refractivity contribution in [1.82, 2.24) is 15.2 Å². The molecule has 1 aromatic heterocycles. The zero-order valence-electron chi connectivity index (χ0n) is 23.9. The van der Waals surface area contributed by atoms with E-state index < -0.39 is 23.5 Å². The fraction of sp³-hybridized carbons (Fsp3) is 0.143. The minimum Gasteiger partial charge on any atom is -0.448 e. The van der Waals surface area contributed by atoms with Gasteiger partial charge in [-0.05, 0) is 40.6 Å². The topological polar surface area (TPSA) is 102 Å². The number of oxazole rings is 1. The number of β-lactam (4-membered cyclic amide) rings is 1. The van der Waals surface area contributed by atoms with E-state index in [-0.39, 0.29) is 23.9 Å². The Balaban J connectivity index is 1.19. The minimum absolute atomic E-state index is 0.140. The second-order valence-corrected chi connectivity index (χ2v) is 12.7. The highest BCUT2D eigenvalue weighted by atomic mass is 32.2. The number of carbonyl (C=O) groups is 3. The number of hydrogen-bond acceptors (Lipinski definition) is 8. The van der Waals surface area contributed by atoms with E-state index in [1.54, 1.807) is 0 Å². The van der Waals surface area contributed by atoms with Crippen molar-refractivity contribution in [3.8, 4) is 0 Å². The molecule has 224 valence electrons. The highest BCUT2D eigenvalue weighted by molar-refractivity contribution is 8.06. The third kappa shape index (κ3) is 5.99. The summed E-state index contributed by atoms with van der Waals surface area (Å²) >= 11 is 2.68. The molecular formula is C35H27N3O5S2. The van der Waals surface area contributed by atoms with Gasteiger partial charge in [0.25, 0.3) is 11.1 Å². The van der Waals surface area contributed by atoms with E-state index in [1.165, 1.54) is 28.4 Å². The van der Waals surface area contributed by atoms with E-state index in [0.717, 1.165) is 16.7 Å². The number of para-hydroxylation sites is 2. The molecule has 1 fully saturated rings. The summed E-state index contributed by atoms with van der Waals surface area (Å²) in [4.78, 5) is 47.4. The molecule has 10 heteroatoms. The molecule has 3 heterocycles. The predicted molar refractivity (Wildman–Crippen MR) is 173 cm³/mol. The van der Waals surface area contributed by atoms with Gasteiger partial charge in [-0.15, -0.1) is 11.8 Å². The average molecular weight is 634 g/mol. The standard InChI is InChI=1S/C35H27N3O5S2/c39-28(20-22-12-4-1-5-13-22)37-29-32(40)38-30(27(21-44-33(29)38)45-35-36-25-18-10-11-19-26(25)42-35)34(41)43-31(23-14-6-2-7-15-23)24-16-8-3-9-17-24/h1-19,29,31,33H,20-21H2,(H,37,39)/t29?,33-/m1/s1. The van der Waals surface area contributed by atoms with Gasteiger partial charge in [-0.1, -0.05) is 103 Å². The highest BCUT2D eigenvalue weighted by Crippen LogP contribution is 2.46. The SMILES string of the molecule is O=C(Cc1ccccc1)NC1C(=O)N2C(C(=O)OC(c3ccccc3)c3ccccc3)=C(Sc3nc4ccccc4o3)CS[C@H]12. The van der Waals surface area contributed by atoms with Gasteiger partial charge < -0.3 is 14.5 Å². The van der Waals surface area contributed by atoms with Crippen LogP contribution < -0.4 is 5.32 Å². The molecule has 0 spiro atoms. The Kier molecular flexibility index (Phi) is 8.15. The zero-order valence-corrected chi connectivity index (χ0v) is 25.5. The van der Waals surface area contributed by atoms with Gasteiger partial charge in [-0.25, -0.2) is 9.78 Å². The summed E-state index contributed by atoms with van der Waals surface area (Å²) in [7, 11) is 0. The molecule has 8 nitrogen and oxygen atoms in total. The van der Waals surface area contributed by atoms with Gasteiger partial charge in [0.1, 0.15) is 22.6 Å². The van der Waals surface area contributed by atoms with Crippen LogP contribution in [0.5, 0.6) is 0 Å². The number of thioether (sulfide) groups is 2. The zero-order chi connectivity index (χ0) is 30.8. The monoisotopic (exact) mass is 633 g/mol. The van der Waals surface area contributed by atoms with Crippen LogP contribution in [0.3, 0.4) is 0 Å². The van der Waals surface area contributed by atoms with E-state index in [9.17, 15) is 14.4 Å². The van der Waals surface area contributed by atoms with Crippen LogP contribution in [0.4, 0.5) is 0 Å². The highest BCUT2D eigenvalue weighted by Gasteiger charge is 2.55. The van der Waals surface area contributed by atoms with Crippen LogP contribution in [0.25, 0.3) is 11.1 Å². The first-order valence-electron chi connectivity index (χ1n) is 14.4. The van der Waals surface area contributed by atoms with Gasteiger partial charge in [-0.3, -0.25) is 14.5 Å². The number of ether oxygens (including phenoxy) is 1. The molecule has 2 aliphatic rings. The molecule has 0 bridgehead atoms. The minimum atomic E-state index is -0.760. The summed E-state index contributed by atoms with van der Waals surface area (Å²) in [6.45, 7) is 0. The molecule has 0 radical (unpaired) electrons. The molecule has 2 atom stereocenters. The van der Waals surface area contributed by atoms with E-state index >= 15 is 0 Å². The molecule has 45 heavy (non-hydrogen) atoms. The van der Waals surface area contributed by atoms with Gasteiger partial charge in [-0.2, -0.15) is 0 Å². The summed E-state index contributed by atoms with van der Waals surface area (Å²) in [6.07, 6.45) is -0.546. The lowest BCUT2D eigenvalue weighted by molar-refractivity contribution is -0.154. The Hall–Kier alpha value is -4.80. The van der Waals surface area contributed by atoms with E-state index in [2.05, 4.69) is 10.3 Å². The lowest BCUT2D eigenvalue weighted by Gasteiger charge is -2.49. The number of nitrogens with one attached hydrogen (secondary N) is 1. The lowest BCUT2D eigenvalue weighted by atomic mass is 10.0. The molecule has 4 aromatic carbocycles.